The normalized spacial score (nSPS) is 18.8. The molecule has 7 nitrogen and oxygen atoms in total. The fourth-order valence-electron chi connectivity index (χ4n) is 4.14. The molecule has 1 N–H and O–H groups in total. The third-order valence-electron chi connectivity index (χ3n) is 5.99. The van der Waals surface area contributed by atoms with E-state index in [-0.39, 0.29) is 12.1 Å². The van der Waals surface area contributed by atoms with Gasteiger partial charge in [-0.25, -0.2) is 4.79 Å². The Kier molecular flexibility index (Phi) is 7.59. The van der Waals surface area contributed by atoms with Crippen molar-refractivity contribution in [3.05, 3.63) is 54.1 Å². The summed E-state index contributed by atoms with van der Waals surface area (Å²) in [5.74, 6) is 0.861. The summed E-state index contributed by atoms with van der Waals surface area (Å²) in [6.45, 7) is 6.14. The molecule has 0 aromatic heterocycles. The molecule has 2 amide bonds. The first-order valence-corrected chi connectivity index (χ1v) is 11.3. The number of likely N-dealkylation sites (tertiary alicyclic amines) is 1. The second kappa shape index (κ2) is 11.0. The van der Waals surface area contributed by atoms with Gasteiger partial charge < -0.3 is 24.6 Å². The number of morpholine rings is 1. The van der Waals surface area contributed by atoms with Gasteiger partial charge in [-0.1, -0.05) is 24.3 Å². The van der Waals surface area contributed by atoms with Gasteiger partial charge >= 0.3 is 6.03 Å². The maximum absolute atomic E-state index is 12.3. The van der Waals surface area contributed by atoms with Gasteiger partial charge in [-0.15, -0.1) is 0 Å². The van der Waals surface area contributed by atoms with Crippen molar-refractivity contribution in [1.82, 2.24) is 15.1 Å². The van der Waals surface area contributed by atoms with Crippen molar-refractivity contribution >= 4 is 6.03 Å². The molecule has 4 rings (SSSR count). The second-order valence-electron chi connectivity index (χ2n) is 8.25. The molecule has 0 spiro atoms. The fraction of sp³-hybridized carbons (Fsp3) is 0.440. The monoisotopic (exact) mass is 434 g/mol. The van der Waals surface area contributed by atoms with Gasteiger partial charge in [-0.05, 0) is 48.2 Å². The van der Waals surface area contributed by atoms with Gasteiger partial charge in [0.25, 0.3) is 0 Å². The van der Waals surface area contributed by atoms with Crippen molar-refractivity contribution in [2.24, 2.45) is 0 Å². The molecule has 0 aliphatic carbocycles. The van der Waals surface area contributed by atoms with Crippen LogP contribution in [0.3, 0.4) is 0 Å². The number of hydrogen-bond acceptors (Lipinski definition) is 5. The average Bonchev–Trinajstić information content (AvgIpc) is 3.30. The summed E-state index contributed by atoms with van der Waals surface area (Å²) in [4.78, 5) is 16.6. The molecular weight excluding hydrogens is 404 g/mol. The van der Waals surface area contributed by atoms with Crippen LogP contribution in [0.1, 0.15) is 18.4 Å². The molecule has 2 aromatic carbocycles. The largest absolute Gasteiger partial charge is 0.494 e. The lowest BCUT2D eigenvalue weighted by Crippen LogP contribution is -2.49. The lowest BCUT2D eigenvalue weighted by atomic mass is 10.0. The zero-order valence-electron chi connectivity index (χ0n) is 18.3. The maximum Gasteiger partial charge on any atom is 0.317 e. The first kappa shape index (κ1) is 22.1. The summed E-state index contributed by atoms with van der Waals surface area (Å²) in [5.41, 5.74) is 2.85. The Morgan fingerprint density at radius 2 is 1.75 bits per heavy atom. The molecule has 0 bridgehead atoms. The standard InChI is InChI=1S/C25H30N4O3/c26-18-20-2-4-21(5-3-20)22-6-8-24(9-7-22)32-15-1-11-28-12-10-23(19-28)27-25(30)29-13-16-31-17-14-29/h2-9,23H,1,10-17,19H2,(H,27,30)/t23-/m1/s1. The molecule has 2 aliphatic heterocycles. The van der Waals surface area contributed by atoms with Crippen LogP contribution in [-0.2, 0) is 4.74 Å². The summed E-state index contributed by atoms with van der Waals surface area (Å²) < 4.78 is 11.2. The molecular formula is C25H30N4O3. The average molecular weight is 435 g/mol. The Labute approximate surface area is 189 Å². The number of hydrogen-bond donors (Lipinski definition) is 1. The zero-order valence-corrected chi connectivity index (χ0v) is 18.3. The summed E-state index contributed by atoms with van der Waals surface area (Å²) in [5, 5.41) is 12.1. The Morgan fingerprint density at radius 3 is 2.44 bits per heavy atom. The minimum absolute atomic E-state index is 0.0351. The van der Waals surface area contributed by atoms with Gasteiger partial charge in [0, 0.05) is 38.8 Å². The number of nitriles is 1. The van der Waals surface area contributed by atoms with E-state index in [4.69, 9.17) is 14.7 Å². The Bertz CT molecular complexity index is 918. The third kappa shape index (κ3) is 6.00. The number of urea groups is 1. The summed E-state index contributed by atoms with van der Waals surface area (Å²) >= 11 is 0. The number of rotatable bonds is 7. The number of nitrogens with one attached hydrogen (secondary N) is 1. The van der Waals surface area contributed by atoms with Crippen molar-refractivity contribution in [3.63, 3.8) is 0 Å². The highest BCUT2D eigenvalue weighted by Gasteiger charge is 2.26. The highest BCUT2D eigenvalue weighted by atomic mass is 16.5. The highest BCUT2D eigenvalue weighted by Crippen LogP contribution is 2.23. The lowest BCUT2D eigenvalue weighted by Gasteiger charge is -2.28. The lowest BCUT2D eigenvalue weighted by molar-refractivity contribution is 0.0525. The van der Waals surface area contributed by atoms with Crippen LogP contribution in [0.15, 0.2) is 48.5 Å². The molecule has 0 saturated carbocycles. The van der Waals surface area contributed by atoms with Gasteiger partial charge in [0.15, 0.2) is 0 Å². The van der Waals surface area contributed by atoms with Crippen molar-refractivity contribution < 1.29 is 14.3 Å². The predicted octanol–water partition coefficient (Wildman–Crippen LogP) is 3.11. The smallest absolute Gasteiger partial charge is 0.317 e. The van der Waals surface area contributed by atoms with Crippen LogP contribution in [0, 0.1) is 11.3 Å². The summed E-state index contributed by atoms with van der Waals surface area (Å²) in [7, 11) is 0. The van der Waals surface area contributed by atoms with Gasteiger partial charge in [0.1, 0.15) is 5.75 Å². The predicted molar refractivity (Wildman–Crippen MR) is 122 cm³/mol. The first-order valence-electron chi connectivity index (χ1n) is 11.3. The topological polar surface area (TPSA) is 77.8 Å². The Hall–Kier alpha value is -3.08. The van der Waals surface area contributed by atoms with Gasteiger partial charge in [-0.3, -0.25) is 0 Å². The van der Waals surface area contributed by atoms with E-state index in [0.717, 1.165) is 49.4 Å². The quantitative estimate of drug-likeness (QED) is 0.678. The summed E-state index contributed by atoms with van der Waals surface area (Å²) in [6, 6.07) is 18.0. The molecule has 2 fully saturated rings. The molecule has 0 radical (unpaired) electrons. The fourth-order valence-corrected chi connectivity index (χ4v) is 4.14. The van der Waals surface area contributed by atoms with Gasteiger partial charge in [0.2, 0.25) is 0 Å². The van der Waals surface area contributed by atoms with E-state index in [1.165, 1.54) is 0 Å². The third-order valence-corrected chi connectivity index (χ3v) is 5.99. The van der Waals surface area contributed by atoms with E-state index in [1.54, 1.807) is 0 Å². The molecule has 168 valence electrons. The number of amides is 2. The van der Waals surface area contributed by atoms with Gasteiger partial charge in [0.05, 0.1) is 31.5 Å². The Morgan fingerprint density at radius 1 is 1.06 bits per heavy atom. The zero-order chi connectivity index (χ0) is 22.2. The van der Waals surface area contributed by atoms with Crippen LogP contribution in [0.4, 0.5) is 4.79 Å². The Balaban J connectivity index is 1.14. The van der Waals surface area contributed by atoms with Crippen LogP contribution in [0.2, 0.25) is 0 Å². The minimum Gasteiger partial charge on any atom is -0.494 e. The molecule has 2 saturated heterocycles. The highest BCUT2D eigenvalue weighted by molar-refractivity contribution is 5.74. The molecule has 7 heteroatoms. The van der Waals surface area contributed by atoms with Crippen molar-refractivity contribution in [2.45, 2.75) is 18.9 Å². The van der Waals surface area contributed by atoms with E-state index in [0.29, 0.717) is 38.5 Å². The van der Waals surface area contributed by atoms with Crippen molar-refractivity contribution in [2.75, 3.05) is 52.5 Å². The van der Waals surface area contributed by atoms with E-state index < -0.39 is 0 Å². The molecule has 32 heavy (non-hydrogen) atoms. The summed E-state index contributed by atoms with van der Waals surface area (Å²) in [6.07, 6.45) is 1.94. The van der Waals surface area contributed by atoms with Crippen molar-refractivity contribution in [1.29, 1.82) is 5.26 Å². The molecule has 2 heterocycles. The first-order chi connectivity index (χ1) is 15.7. The minimum atomic E-state index is 0.0351. The SMILES string of the molecule is N#Cc1ccc(-c2ccc(OCCCN3CC[C@@H](NC(=O)N4CCOCC4)C3)cc2)cc1. The van der Waals surface area contributed by atoms with Crippen molar-refractivity contribution in [3.8, 4) is 22.9 Å². The van der Waals surface area contributed by atoms with Crippen LogP contribution >= 0.6 is 0 Å². The number of carbonyl (C=O) groups is 1. The van der Waals surface area contributed by atoms with E-state index in [2.05, 4.69) is 16.3 Å². The second-order valence-corrected chi connectivity index (χ2v) is 8.25. The van der Waals surface area contributed by atoms with E-state index in [9.17, 15) is 4.79 Å². The number of benzene rings is 2. The van der Waals surface area contributed by atoms with Crippen LogP contribution in [0.25, 0.3) is 11.1 Å². The number of nitrogens with zero attached hydrogens (tertiary/aromatic N) is 3. The van der Waals surface area contributed by atoms with Crippen LogP contribution < -0.4 is 10.1 Å². The maximum atomic E-state index is 12.3. The van der Waals surface area contributed by atoms with Crippen LogP contribution in [-0.4, -0.2) is 74.4 Å². The van der Waals surface area contributed by atoms with E-state index in [1.807, 2.05) is 53.4 Å². The molecule has 1 atom stereocenters. The molecule has 0 unspecified atom stereocenters. The van der Waals surface area contributed by atoms with E-state index >= 15 is 0 Å². The number of ether oxygens (including phenoxy) is 2. The van der Waals surface area contributed by atoms with Gasteiger partial charge in [-0.2, -0.15) is 5.26 Å². The number of carbonyl (C=O) groups excluding carboxylic acids is 1. The molecule has 2 aromatic rings. The van der Waals surface area contributed by atoms with Crippen LogP contribution in [0.5, 0.6) is 5.75 Å². The molecule has 2 aliphatic rings.